The van der Waals surface area contributed by atoms with Crippen molar-refractivity contribution in [3.8, 4) is 11.5 Å². The fourth-order valence-corrected chi connectivity index (χ4v) is 4.54. The standard InChI is InChI=1S/C21H32N2O5/c1-26-19-5-3-4-17(21(19)27-2)15-22-9-8-18(23-10-12-28-13-11-23)16(14-22)6-7-20(24)25/h3-5,16,18H,6-15H2,1-2H3,(H,24,25)/t16-,18+/m0/s1. The Balaban J connectivity index is 1.70. The van der Waals surface area contributed by atoms with Gasteiger partial charge in [0.15, 0.2) is 11.5 Å². The molecule has 1 N–H and O–H groups in total. The maximum atomic E-state index is 11.2. The van der Waals surface area contributed by atoms with Gasteiger partial charge in [-0.25, -0.2) is 0 Å². The van der Waals surface area contributed by atoms with Gasteiger partial charge >= 0.3 is 5.97 Å². The molecule has 0 spiro atoms. The zero-order chi connectivity index (χ0) is 19.9. The largest absolute Gasteiger partial charge is 0.493 e. The average Bonchev–Trinajstić information content (AvgIpc) is 2.72. The molecule has 2 fully saturated rings. The Labute approximate surface area is 167 Å². The predicted molar refractivity (Wildman–Crippen MR) is 106 cm³/mol. The van der Waals surface area contributed by atoms with Crippen LogP contribution in [0.3, 0.4) is 0 Å². The van der Waals surface area contributed by atoms with Gasteiger partial charge in [-0.15, -0.1) is 0 Å². The molecule has 3 rings (SSSR count). The normalized spacial score (nSPS) is 24.1. The van der Waals surface area contributed by atoms with Crippen molar-refractivity contribution in [1.29, 1.82) is 0 Å². The summed E-state index contributed by atoms with van der Waals surface area (Å²) >= 11 is 0. The molecule has 2 heterocycles. The van der Waals surface area contributed by atoms with Gasteiger partial charge in [0.05, 0.1) is 27.4 Å². The molecule has 0 aliphatic carbocycles. The lowest BCUT2D eigenvalue weighted by molar-refractivity contribution is -0.137. The highest BCUT2D eigenvalue weighted by Crippen LogP contribution is 2.33. The summed E-state index contributed by atoms with van der Waals surface area (Å²) in [5.74, 6) is 1.15. The molecule has 7 heteroatoms. The fourth-order valence-electron chi connectivity index (χ4n) is 4.54. The summed E-state index contributed by atoms with van der Waals surface area (Å²) in [6.45, 7) is 6.09. The van der Waals surface area contributed by atoms with Crippen molar-refractivity contribution >= 4 is 5.97 Å². The molecule has 1 aromatic carbocycles. The molecule has 2 aliphatic rings. The second-order valence-electron chi connectivity index (χ2n) is 7.58. The van der Waals surface area contributed by atoms with E-state index < -0.39 is 5.97 Å². The van der Waals surface area contributed by atoms with Crippen LogP contribution in [0.5, 0.6) is 11.5 Å². The summed E-state index contributed by atoms with van der Waals surface area (Å²) in [6, 6.07) is 6.40. The number of piperidine rings is 1. The number of carboxylic acid groups (broad SMARTS) is 1. The maximum absolute atomic E-state index is 11.2. The molecular formula is C21H32N2O5. The number of ether oxygens (including phenoxy) is 3. The number of hydrogen-bond acceptors (Lipinski definition) is 6. The van der Waals surface area contributed by atoms with Gasteiger partial charge in [-0.3, -0.25) is 14.6 Å². The lowest BCUT2D eigenvalue weighted by Gasteiger charge is -2.45. The Morgan fingerprint density at radius 1 is 1.21 bits per heavy atom. The number of carbonyl (C=O) groups is 1. The molecule has 0 radical (unpaired) electrons. The Morgan fingerprint density at radius 3 is 2.68 bits per heavy atom. The number of likely N-dealkylation sites (tertiary alicyclic amines) is 1. The van der Waals surface area contributed by atoms with Crippen molar-refractivity contribution in [2.45, 2.75) is 31.8 Å². The lowest BCUT2D eigenvalue weighted by Crippen LogP contribution is -2.53. The van der Waals surface area contributed by atoms with E-state index in [1.54, 1.807) is 14.2 Å². The number of rotatable bonds is 8. The van der Waals surface area contributed by atoms with Gasteiger partial charge in [-0.2, -0.15) is 0 Å². The first-order valence-corrected chi connectivity index (χ1v) is 10.1. The van der Waals surface area contributed by atoms with Crippen LogP contribution >= 0.6 is 0 Å². The number of hydrogen-bond donors (Lipinski definition) is 1. The Hall–Kier alpha value is -1.83. The quantitative estimate of drug-likeness (QED) is 0.726. The molecule has 156 valence electrons. The van der Waals surface area contributed by atoms with Crippen LogP contribution < -0.4 is 9.47 Å². The number of para-hydroxylation sites is 1. The van der Waals surface area contributed by atoms with Crippen molar-refractivity contribution in [2.24, 2.45) is 5.92 Å². The summed E-state index contributed by atoms with van der Waals surface area (Å²) in [4.78, 5) is 16.1. The van der Waals surface area contributed by atoms with Crippen LogP contribution in [0.15, 0.2) is 18.2 Å². The molecule has 2 saturated heterocycles. The summed E-state index contributed by atoms with van der Waals surface area (Å²) in [6.07, 6.45) is 1.99. The van der Waals surface area contributed by atoms with E-state index >= 15 is 0 Å². The molecular weight excluding hydrogens is 360 g/mol. The van der Waals surface area contributed by atoms with Crippen molar-refractivity contribution in [2.75, 3.05) is 53.6 Å². The summed E-state index contributed by atoms with van der Waals surface area (Å²) < 4.78 is 16.5. The molecule has 0 aromatic heterocycles. The summed E-state index contributed by atoms with van der Waals surface area (Å²) in [5.41, 5.74) is 1.10. The number of methoxy groups -OCH3 is 2. The minimum atomic E-state index is -0.715. The third kappa shape index (κ3) is 5.16. The zero-order valence-corrected chi connectivity index (χ0v) is 16.9. The van der Waals surface area contributed by atoms with Crippen LogP contribution in [0.1, 0.15) is 24.8 Å². The van der Waals surface area contributed by atoms with E-state index in [0.717, 1.165) is 69.4 Å². The highest BCUT2D eigenvalue weighted by Gasteiger charge is 2.34. The van der Waals surface area contributed by atoms with Crippen molar-refractivity contribution in [1.82, 2.24) is 9.80 Å². The van der Waals surface area contributed by atoms with E-state index in [-0.39, 0.29) is 6.42 Å². The van der Waals surface area contributed by atoms with E-state index in [1.165, 1.54) is 0 Å². The highest BCUT2D eigenvalue weighted by molar-refractivity contribution is 5.66. The van der Waals surface area contributed by atoms with Gasteiger partial charge in [0, 0.05) is 44.2 Å². The van der Waals surface area contributed by atoms with Gasteiger partial charge in [0.1, 0.15) is 0 Å². The van der Waals surface area contributed by atoms with Gasteiger partial charge in [-0.05, 0) is 31.4 Å². The Morgan fingerprint density at radius 2 is 2.00 bits per heavy atom. The van der Waals surface area contributed by atoms with E-state index in [2.05, 4.69) is 15.9 Å². The monoisotopic (exact) mass is 392 g/mol. The second-order valence-corrected chi connectivity index (χ2v) is 7.58. The van der Waals surface area contributed by atoms with Crippen molar-refractivity contribution < 1.29 is 24.1 Å². The van der Waals surface area contributed by atoms with Crippen molar-refractivity contribution in [3.05, 3.63) is 23.8 Å². The first kappa shape index (κ1) is 20.9. The maximum Gasteiger partial charge on any atom is 0.303 e. The van der Waals surface area contributed by atoms with Crippen LogP contribution in [0.25, 0.3) is 0 Å². The van der Waals surface area contributed by atoms with Gasteiger partial charge in [0.2, 0.25) is 0 Å². The summed E-state index contributed by atoms with van der Waals surface area (Å²) in [5, 5.41) is 9.19. The number of carboxylic acids is 1. The Bertz CT molecular complexity index is 648. The van der Waals surface area contributed by atoms with Crippen LogP contribution in [0.4, 0.5) is 0 Å². The number of nitrogens with zero attached hydrogens (tertiary/aromatic N) is 2. The molecule has 2 atom stereocenters. The average molecular weight is 392 g/mol. The van der Waals surface area contributed by atoms with Crippen LogP contribution in [0, 0.1) is 5.92 Å². The van der Waals surface area contributed by atoms with E-state index in [1.807, 2.05) is 12.1 Å². The van der Waals surface area contributed by atoms with E-state index in [0.29, 0.717) is 18.4 Å². The van der Waals surface area contributed by atoms with Crippen LogP contribution in [0.2, 0.25) is 0 Å². The lowest BCUT2D eigenvalue weighted by atomic mass is 9.86. The van der Waals surface area contributed by atoms with Crippen LogP contribution in [-0.4, -0.2) is 80.5 Å². The minimum absolute atomic E-state index is 0.224. The number of aliphatic carboxylic acids is 1. The van der Waals surface area contributed by atoms with Crippen LogP contribution in [-0.2, 0) is 16.1 Å². The molecule has 1 aromatic rings. The second kappa shape index (κ2) is 10.1. The van der Waals surface area contributed by atoms with Gasteiger partial charge in [-0.1, -0.05) is 12.1 Å². The number of morpholine rings is 1. The molecule has 28 heavy (non-hydrogen) atoms. The first-order valence-electron chi connectivity index (χ1n) is 10.1. The SMILES string of the molecule is COc1cccc(CN2CC[C@@H](N3CCOCC3)[C@@H](CCC(=O)O)C2)c1OC. The Kier molecular flexibility index (Phi) is 7.53. The van der Waals surface area contributed by atoms with E-state index in [4.69, 9.17) is 14.2 Å². The number of benzene rings is 1. The van der Waals surface area contributed by atoms with E-state index in [9.17, 15) is 9.90 Å². The van der Waals surface area contributed by atoms with Gasteiger partial charge in [0.25, 0.3) is 0 Å². The third-order valence-electron chi connectivity index (χ3n) is 5.90. The predicted octanol–water partition coefficient (Wildman–Crippen LogP) is 2.09. The zero-order valence-electron chi connectivity index (χ0n) is 16.9. The fraction of sp³-hybridized carbons (Fsp3) is 0.667. The van der Waals surface area contributed by atoms with Gasteiger partial charge < -0.3 is 19.3 Å². The summed E-state index contributed by atoms with van der Waals surface area (Å²) in [7, 11) is 3.32. The third-order valence-corrected chi connectivity index (χ3v) is 5.90. The highest BCUT2D eigenvalue weighted by atomic mass is 16.5. The molecule has 0 saturated carbocycles. The molecule has 0 bridgehead atoms. The molecule has 0 unspecified atom stereocenters. The molecule has 0 amide bonds. The topological polar surface area (TPSA) is 71.5 Å². The first-order chi connectivity index (χ1) is 13.6. The molecule has 2 aliphatic heterocycles. The minimum Gasteiger partial charge on any atom is -0.493 e. The molecule has 7 nitrogen and oxygen atoms in total. The van der Waals surface area contributed by atoms with Crippen molar-refractivity contribution in [3.63, 3.8) is 0 Å². The smallest absolute Gasteiger partial charge is 0.303 e.